The topological polar surface area (TPSA) is 98.1 Å². The number of phenols is 1. The van der Waals surface area contributed by atoms with Crippen molar-refractivity contribution >= 4 is 40.5 Å². The van der Waals surface area contributed by atoms with Crippen molar-refractivity contribution in [2.24, 2.45) is 0 Å². The summed E-state index contributed by atoms with van der Waals surface area (Å²) < 4.78 is 12.1. The average molecular weight is 717 g/mol. The van der Waals surface area contributed by atoms with Crippen LogP contribution in [0.2, 0.25) is 0 Å². The van der Waals surface area contributed by atoms with Gasteiger partial charge in [-0.2, -0.15) is 0 Å². The molecule has 0 radical (unpaired) electrons. The molecule has 0 atom stereocenters. The molecule has 9 heteroatoms. The molecule has 1 fully saturated rings. The molecule has 4 rings (SSSR count). The number of hydrogen-bond donors (Lipinski definition) is 3. The van der Waals surface area contributed by atoms with Gasteiger partial charge in [-0.3, -0.25) is 10.2 Å². The predicted molar refractivity (Wildman–Crippen MR) is 214 cm³/mol. The highest BCUT2D eigenvalue weighted by Gasteiger charge is 2.20. The molecule has 1 aliphatic rings. The minimum absolute atomic E-state index is 0.0325. The number of nitrogens with one attached hydrogen (secondary N) is 2. The summed E-state index contributed by atoms with van der Waals surface area (Å²) >= 11 is 1.54. The van der Waals surface area contributed by atoms with E-state index in [1.54, 1.807) is 35.6 Å². The van der Waals surface area contributed by atoms with Crippen molar-refractivity contribution in [3.8, 4) is 17.2 Å². The molecule has 1 amide bonds. The number of unbranched alkanes of at least 4 members (excludes halogenated alkanes) is 12. The fraction of sp³-hybridized carbons (Fsp3) is 0.524. The number of benzene rings is 2. The number of amidine groups is 1. The van der Waals surface area contributed by atoms with E-state index in [2.05, 4.69) is 36.2 Å². The molecule has 3 N–H and O–H groups in total. The van der Waals surface area contributed by atoms with Crippen molar-refractivity contribution in [3.05, 3.63) is 70.4 Å². The van der Waals surface area contributed by atoms with Gasteiger partial charge in [0.2, 0.25) is 11.7 Å². The van der Waals surface area contributed by atoms with Crippen LogP contribution in [0.5, 0.6) is 17.2 Å². The van der Waals surface area contributed by atoms with Gasteiger partial charge < -0.3 is 29.7 Å². The van der Waals surface area contributed by atoms with E-state index in [1.165, 1.54) is 64.2 Å². The normalized spacial score (nSPS) is 13.1. The molecular weight excluding hydrogens is 657 g/mol. The lowest BCUT2D eigenvalue weighted by molar-refractivity contribution is -0.126. The predicted octanol–water partition coefficient (Wildman–Crippen LogP) is 10.5. The third kappa shape index (κ3) is 13.9. The van der Waals surface area contributed by atoms with E-state index in [-0.39, 0.29) is 11.7 Å². The van der Waals surface area contributed by atoms with Crippen LogP contribution in [0, 0.1) is 5.41 Å². The summed E-state index contributed by atoms with van der Waals surface area (Å²) in [5, 5.41) is 24.4. The summed E-state index contributed by atoms with van der Waals surface area (Å²) in [5.74, 6) is 1.20. The number of thiophene rings is 1. The molecule has 0 aliphatic carbocycles. The minimum atomic E-state index is -0.0366. The Bertz CT molecular complexity index is 1430. The van der Waals surface area contributed by atoms with Gasteiger partial charge in [0.25, 0.3) is 0 Å². The van der Waals surface area contributed by atoms with Gasteiger partial charge in [0.15, 0.2) is 11.5 Å². The number of rotatable bonds is 23. The van der Waals surface area contributed by atoms with Crippen molar-refractivity contribution < 1.29 is 19.4 Å². The maximum Gasteiger partial charge on any atom is 0.246 e. The van der Waals surface area contributed by atoms with E-state index in [4.69, 9.17) is 14.9 Å². The molecule has 0 saturated carbocycles. The second-order valence-electron chi connectivity index (χ2n) is 13.5. The molecule has 1 aromatic heterocycles. The SMILES string of the molecule is CCCCCCCCCOc1cc(/C=C/C(=O)N2CCN(c3ccc(NC(=N)c4cccs4)cc3)CC2)cc(OCCCCCCCCC)c1O. The standard InChI is InChI=1S/C42H60N4O4S/c1-3-5-7-9-11-13-15-29-49-37-32-34(33-38(41(37)48)50-30-16-14-12-10-8-6-4-2)19-24-40(47)46-27-25-45(26-28-46)36-22-20-35(21-23-36)44-42(43)39-18-17-31-51-39/h17-24,31-33,48H,3-16,25-30H2,1-2H3,(H2,43,44)/b24-19+. The van der Waals surface area contributed by atoms with Crippen LogP contribution in [-0.4, -0.2) is 61.1 Å². The molecule has 0 unspecified atom stereocenters. The molecule has 1 saturated heterocycles. The summed E-state index contributed by atoms with van der Waals surface area (Å²) in [7, 11) is 0. The molecule has 0 spiro atoms. The Morgan fingerprint density at radius 3 is 1.88 bits per heavy atom. The molecular formula is C42H60N4O4S. The average Bonchev–Trinajstić information content (AvgIpc) is 3.70. The highest BCUT2D eigenvalue weighted by atomic mass is 32.1. The van der Waals surface area contributed by atoms with E-state index >= 15 is 0 Å². The number of carbonyl (C=O) groups is 1. The van der Waals surface area contributed by atoms with Crippen LogP contribution in [0.15, 0.2) is 60.0 Å². The lowest BCUT2D eigenvalue weighted by Gasteiger charge is -2.35. The van der Waals surface area contributed by atoms with Gasteiger partial charge in [-0.1, -0.05) is 97.0 Å². The summed E-state index contributed by atoms with van der Waals surface area (Å²) in [5.41, 5.74) is 2.75. The quantitative estimate of drug-likeness (QED) is 0.0391. The smallest absolute Gasteiger partial charge is 0.246 e. The van der Waals surface area contributed by atoms with Gasteiger partial charge >= 0.3 is 0 Å². The Balaban J connectivity index is 1.29. The van der Waals surface area contributed by atoms with Gasteiger partial charge in [-0.05, 0) is 72.3 Å². The summed E-state index contributed by atoms with van der Waals surface area (Å²) in [4.78, 5) is 18.3. The van der Waals surface area contributed by atoms with Crippen molar-refractivity contribution in [3.63, 3.8) is 0 Å². The second kappa shape index (κ2) is 22.8. The Hall–Kier alpha value is -3.98. The third-order valence-corrected chi connectivity index (χ3v) is 10.2. The Morgan fingerprint density at radius 2 is 1.35 bits per heavy atom. The Kier molecular flexibility index (Phi) is 17.8. The van der Waals surface area contributed by atoms with Gasteiger partial charge in [-0.15, -0.1) is 11.3 Å². The molecule has 51 heavy (non-hydrogen) atoms. The fourth-order valence-electron chi connectivity index (χ4n) is 6.24. The number of aromatic hydroxyl groups is 1. The first-order chi connectivity index (χ1) is 25.0. The van der Waals surface area contributed by atoms with Crippen LogP contribution >= 0.6 is 11.3 Å². The first kappa shape index (κ1) is 39.8. The number of amides is 1. The zero-order valence-electron chi connectivity index (χ0n) is 31.0. The van der Waals surface area contributed by atoms with Gasteiger partial charge in [0.05, 0.1) is 18.1 Å². The lowest BCUT2D eigenvalue weighted by atomic mass is 10.1. The third-order valence-electron chi connectivity index (χ3n) is 9.35. The maximum atomic E-state index is 13.3. The van der Waals surface area contributed by atoms with Crippen LogP contribution in [-0.2, 0) is 4.79 Å². The number of piperazine rings is 1. The monoisotopic (exact) mass is 716 g/mol. The number of phenolic OH excluding ortho intramolecular Hbond substituents is 1. The molecule has 8 nitrogen and oxygen atoms in total. The number of nitrogens with zero attached hydrogens (tertiary/aromatic N) is 2. The van der Waals surface area contributed by atoms with Crippen molar-refractivity contribution in [2.75, 3.05) is 49.6 Å². The summed E-state index contributed by atoms with van der Waals surface area (Å²) in [6.07, 6.45) is 20.1. The van der Waals surface area contributed by atoms with Crippen LogP contribution in [0.25, 0.3) is 6.08 Å². The zero-order chi connectivity index (χ0) is 36.1. The highest BCUT2D eigenvalue weighted by Crippen LogP contribution is 2.38. The first-order valence-electron chi connectivity index (χ1n) is 19.3. The highest BCUT2D eigenvalue weighted by molar-refractivity contribution is 7.12. The van der Waals surface area contributed by atoms with Gasteiger partial charge in [0.1, 0.15) is 5.84 Å². The molecule has 2 heterocycles. The number of carbonyl (C=O) groups excluding carboxylic acids is 1. The van der Waals surface area contributed by atoms with Gasteiger partial charge in [-0.25, -0.2) is 0 Å². The number of hydrogen-bond acceptors (Lipinski definition) is 7. The molecule has 278 valence electrons. The largest absolute Gasteiger partial charge is 0.502 e. The van der Waals surface area contributed by atoms with Gasteiger partial charge in [0, 0.05) is 43.6 Å². The summed E-state index contributed by atoms with van der Waals surface area (Å²) in [6.45, 7) is 8.27. The van der Waals surface area contributed by atoms with E-state index < -0.39 is 0 Å². The van der Waals surface area contributed by atoms with Crippen molar-refractivity contribution in [2.45, 2.75) is 104 Å². The minimum Gasteiger partial charge on any atom is -0.502 e. The molecule has 0 bridgehead atoms. The second-order valence-corrected chi connectivity index (χ2v) is 14.4. The number of anilines is 2. The first-order valence-corrected chi connectivity index (χ1v) is 20.2. The van der Waals surface area contributed by atoms with Crippen molar-refractivity contribution in [1.29, 1.82) is 5.41 Å². The van der Waals surface area contributed by atoms with Crippen LogP contribution < -0.4 is 19.7 Å². The van der Waals surface area contributed by atoms with Crippen LogP contribution in [0.4, 0.5) is 11.4 Å². The van der Waals surface area contributed by atoms with Crippen molar-refractivity contribution in [1.82, 2.24) is 4.90 Å². The maximum absolute atomic E-state index is 13.3. The number of ether oxygens (including phenoxy) is 2. The van der Waals surface area contributed by atoms with E-state index in [0.717, 1.165) is 60.6 Å². The Labute approximate surface area is 310 Å². The van der Waals surface area contributed by atoms with Crippen LogP contribution in [0.3, 0.4) is 0 Å². The van der Waals surface area contributed by atoms with E-state index in [0.29, 0.717) is 43.6 Å². The lowest BCUT2D eigenvalue weighted by Crippen LogP contribution is -2.48. The fourth-order valence-corrected chi connectivity index (χ4v) is 6.87. The zero-order valence-corrected chi connectivity index (χ0v) is 31.8. The Morgan fingerprint density at radius 1 is 0.804 bits per heavy atom. The summed E-state index contributed by atoms with van der Waals surface area (Å²) in [6, 6.07) is 15.6. The van der Waals surface area contributed by atoms with E-state index in [1.807, 2.05) is 34.5 Å². The van der Waals surface area contributed by atoms with Crippen LogP contribution in [0.1, 0.15) is 114 Å². The van der Waals surface area contributed by atoms with E-state index in [9.17, 15) is 9.90 Å². The molecule has 1 aliphatic heterocycles. The molecule has 3 aromatic rings. The molecule has 2 aromatic carbocycles.